The third-order valence-electron chi connectivity index (χ3n) is 6.00. The van der Waals surface area contributed by atoms with Crippen molar-refractivity contribution < 1.29 is 54.5 Å². The van der Waals surface area contributed by atoms with Crippen LogP contribution in [0.5, 0.6) is 5.75 Å². The van der Waals surface area contributed by atoms with Gasteiger partial charge in [0.25, 0.3) is 20.2 Å². The van der Waals surface area contributed by atoms with Crippen LogP contribution in [0.25, 0.3) is 21.5 Å². The summed E-state index contributed by atoms with van der Waals surface area (Å²) in [6.45, 7) is 0. The van der Waals surface area contributed by atoms with E-state index in [-0.39, 0.29) is 37.8 Å². The van der Waals surface area contributed by atoms with Crippen molar-refractivity contribution in [1.82, 2.24) is 9.97 Å². The number of phenolic OH excluding ortho intramolecular Hbond substituents is 1. The first-order valence-corrected chi connectivity index (χ1v) is 15.7. The predicted octanol–water partition coefficient (Wildman–Crippen LogP) is 6.50. The highest BCUT2D eigenvalue weighted by atomic mass is 35.5. The standard InChI is InChI=1S/C24H14ClF2N5O10S3/c25-18-22(26)29-24(27)30-23(18)28-11-4-5-12-10(8-11)9-16(43-42-41-34)19(20(12)33)32-31-15-7-6-13-14(21(15)45(38,39)40)2-1-3-17(13)44(35,36)37/h1-9,33-34H,(H,28,29,30)(H,35,36,37)(H,38,39,40). The van der Waals surface area contributed by atoms with Gasteiger partial charge in [-0.3, -0.25) is 9.11 Å². The van der Waals surface area contributed by atoms with E-state index in [1.54, 1.807) is 0 Å². The Labute approximate surface area is 259 Å². The molecule has 15 nitrogen and oxygen atoms in total. The van der Waals surface area contributed by atoms with Crippen molar-refractivity contribution in [2.75, 3.05) is 5.32 Å². The maximum atomic E-state index is 13.7. The molecule has 0 atom stereocenters. The number of hydrogen-bond donors (Lipinski definition) is 5. The minimum Gasteiger partial charge on any atom is -0.505 e. The molecule has 234 valence electrons. The molecule has 5 aromatic rings. The normalized spacial score (nSPS) is 12.4. The first-order valence-electron chi connectivity index (χ1n) is 11.7. The summed E-state index contributed by atoms with van der Waals surface area (Å²) in [5, 5.41) is 33.0. The maximum Gasteiger partial charge on any atom is 0.313 e. The number of aromatic hydroxyl groups is 1. The molecule has 0 unspecified atom stereocenters. The Hall–Kier alpha value is -4.12. The van der Waals surface area contributed by atoms with Gasteiger partial charge < -0.3 is 10.4 Å². The lowest BCUT2D eigenvalue weighted by molar-refractivity contribution is -0.432. The van der Waals surface area contributed by atoms with Crippen molar-refractivity contribution in [2.45, 2.75) is 14.7 Å². The van der Waals surface area contributed by atoms with E-state index in [4.69, 9.17) is 16.9 Å². The molecule has 0 saturated heterocycles. The lowest BCUT2D eigenvalue weighted by Crippen LogP contribution is -2.03. The van der Waals surface area contributed by atoms with Crippen LogP contribution in [0, 0.1) is 12.0 Å². The highest BCUT2D eigenvalue weighted by Gasteiger charge is 2.24. The Bertz CT molecular complexity index is 2260. The second kappa shape index (κ2) is 12.3. The Morgan fingerprint density at radius 1 is 0.911 bits per heavy atom. The van der Waals surface area contributed by atoms with E-state index in [0.717, 1.165) is 30.3 Å². The van der Waals surface area contributed by atoms with Crippen LogP contribution in [-0.4, -0.2) is 46.3 Å². The van der Waals surface area contributed by atoms with Crippen molar-refractivity contribution in [3.8, 4) is 5.75 Å². The minimum atomic E-state index is -5.08. The number of azo groups is 1. The molecule has 5 rings (SSSR count). The molecule has 0 aliphatic rings. The van der Waals surface area contributed by atoms with Gasteiger partial charge in [0.05, 0.1) is 16.9 Å². The predicted molar refractivity (Wildman–Crippen MR) is 154 cm³/mol. The molecule has 5 N–H and O–H groups in total. The number of benzene rings is 4. The van der Waals surface area contributed by atoms with Gasteiger partial charge in [-0.05, 0) is 41.8 Å². The molecule has 4 aromatic carbocycles. The first kappa shape index (κ1) is 32.3. The van der Waals surface area contributed by atoms with Crippen LogP contribution >= 0.6 is 23.6 Å². The largest absolute Gasteiger partial charge is 0.505 e. The summed E-state index contributed by atoms with van der Waals surface area (Å²) in [6, 6.07) is 10.9. The molecular formula is C24H14ClF2N5O10S3. The van der Waals surface area contributed by atoms with Gasteiger partial charge in [0, 0.05) is 21.8 Å². The summed E-state index contributed by atoms with van der Waals surface area (Å²) in [5.41, 5.74) is -0.640. The highest BCUT2D eigenvalue weighted by Crippen LogP contribution is 2.45. The smallest absolute Gasteiger partial charge is 0.313 e. The third-order valence-corrected chi connectivity index (χ3v) is 8.81. The highest BCUT2D eigenvalue weighted by molar-refractivity contribution is 7.94. The number of nitrogens with zero attached hydrogens (tertiary/aromatic N) is 4. The van der Waals surface area contributed by atoms with Gasteiger partial charge in [0.15, 0.2) is 11.6 Å². The average Bonchev–Trinajstić information content (AvgIpc) is 2.96. The van der Waals surface area contributed by atoms with E-state index in [9.17, 15) is 39.8 Å². The lowest BCUT2D eigenvalue weighted by Gasteiger charge is -2.12. The van der Waals surface area contributed by atoms with Gasteiger partial charge in [-0.25, -0.2) is 5.26 Å². The topological polar surface area (TPSA) is 230 Å². The number of hydrogen-bond acceptors (Lipinski definition) is 14. The average molecular weight is 702 g/mol. The molecule has 0 spiro atoms. The fourth-order valence-corrected chi connectivity index (χ4v) is 6.39. The molecule has 21 heteroatoms. The molecule has 0 saturated carbocycles. The summed E-state index contributed by atoms with van der Waals surface area (Å²) in [7, 11) is -9.87. The van der Waals surface area contributed by atoms with Crippen molar-refractivity contribution in [1.29, 1.82) is 0 Å². The summed E-state index contributed by atoms with van der Waals surface area (Å²) in [4.78, 5) is 4.71. The van der Waals surface area contributed by atoms with Gasteiger partial charge in [0.2, 0.25) is 5.95 Å². The van der Waals surface area contributed by atoms with Crippen molar-refractivity contribution in [3.05, 3.63) is 71.6 Å². The summed E-state index contributed by atoms with van der Waals surface area (Å²) >= 11 is 6.14. The van der Waals surface area contributed by atoms with Gasteiger partial charge in [-0.1, -0.05) is 34.8 Å². The van der Waals surface area contributed by atoms with Crippen LogP contribution in [0.3, 0.4) is 0 Å². The second-order valence-electron chi connectivity index (χ2n) is 8.72. The molecule has 1 aromatic heterocycles. The zero-order valence-corrected chi connectivity index (χ0v) is 24.8. The quantitative estimate of drug-likeness (QED) is 0.0210. The number of anilines is 2. The van der Waals surface area contributed by atoms with Gasteiger partial charge >= 0.3 is 6.08 Å². The summed E-state index contributed by atoms with van der Waals surface area (Å²) in [6.07, 6.45) is -1.38. The molecule has 45 heavy (non-hydrogen) atoms. The van der Waals surface area contributed by atoms with Crippen LogP contribution in [0.1, 0.15) is 0 Å². The van der Waals surface area contributed by atoms with Crippen LogP contribution in [-0.2, 0) is 29.6 Å². The Kier molecular flexibility index (Phi) is 8.86. The fourth-order valence-electron chi connectivity index (χ4n) is 4.22. The van der Waals surface area contributed by atoms with E-state index < -0.39 is 64.3 Å². The zero-order valence-electron chi connectivity index (χ0n) is 21.6. The number of rotatable bonds is 9. The molecule has 0 fully saturated rings. The van der Waals surface area contributed by atoms with Crippen molar-refractivity contribution in [2.24, 2.45) is 10.2 Å². The minimum absolute atomic E-state index is 0.0741. The number of aromatic nitrogens is 2. The molecule has 1 heterocycles. The van der Waals surface area contributed by atoms with E-state index in [0.29, 0.717) is 12.0 Å². The van der Waals surface area contributed by atoms with Crippen LogP contribution in [0.4, 0.5) is 31.7 Å². The number of fused-ring (bicyclic) bond motifs is 2. The molecule has 0 bridgehead atoms. The third kappa shape index (κ3) is 6.63. The van der Waals surface area contributed by atoms with Crippen LogP contribution in [0.15, 0.2) is 79.5 Å². The Balaban J connectivity index is 1.63. The molecule has 0 aliphatic carbocycles. The summed E-state index contributed by atoms with van der Waals surface area (Å²) < 4.78 is 99.6. The van der Waals surface area contributed by atoms with Gasteiger partial charge in [-0.2, -0.15) is 35.6 Å². The lowest BCUT2D eigenvalue weighted by atomic mass is 10.1. The fraction of sp³-hybridized carbons (Fsp3) is 0. The van der Waals surface area contributed by atoms with E-state index in [1.165, 1.54) is 24.3 Å². The SMILES string of the molecule is O=S(=O)(O)c1cccc2c(S(=O)(=O)O)c(N=Nc3c(SOOO)cc4cc(Nc5nc(F)nc(F)c5Cl)ccc4c3O)ccc12. The maximum absolute atomic E-state index is 13.7. The number of halogens is 3. The Morgan fingerprint density at radius 2 is 1.64 bits per heavy atom. The van der Waals surface area contributed by atoms with Gasteiger partial charge in [-0.15, -0.1) is 14.6 Å². The zero-order chi connectivity index (χ0) is 32.7. The molecule has 0 radical (unpaired) electrons. The number of phenols is 1. The molecule has 0 aliphatic heterocycles. The second-order valence-corrected chi connectivity index (χ2v) is 12.6. The van der Waals surface area contributed by atoms with E-state index in [1.807, 2.05) is 0 Å². The van der Waals surface area contributed by atoms with Crippen LogP contribution < -0.4 is 5.32 Å². The van der Waals surface area contributed by atoms with E-state index >= 15 is 0 Å². The van der Waals surface area contributed by atoms with Crippen molar-refractivity contribution in [3.63, 3.8) is 0 Å². The van der Waals surface area contributed by atoms with E-state index in [2.05, 4.69) is 34.9 Å². The molecule has 0 amide bonds. The van der Waals surface area contributed by atoms with Crippen LogP contribution in [0.2, 0.25) is 5.02 Å². The van der Waals surface area contributed by atoms with Crippen molar-refractivity contribution >= 4 is 88.3 Å². The monoisotopic (exact) mass is 701 g/mol. The molecular weight excluding hydrogens is 688 g/mol. The first-order chi connectivity index (χ1) is 21.2. The number of nitrogens with one attached hydrogen (secondary N) is 1. The van der Waals surface area contributed by atoms with Gasteiger partial charge in [0.1, 0.15) is 26.2 Å². The Morgan fingerprint density at radius 3 is 2.33 bits per heavy atom. The summed E-state index contributed by atoms with van der Waals surface area (Å²) in [5.74, 6) is -2.25.